The fourth-order valence-electron chi connectivity index (χ4n) is 5.00. The third-order valence-corrected chi connectivity index (χ3v) is 6.84. The molecule has 182 valence electrons. The Labute approximate surface area is 213 Å². The van der Waals surface area contributed by atoms with Crippen LogP contribution in [0.1, 0.15) is 34.4 Å². The maximum absolute atomic E-state index is 13.2. The Morgan fingerprint density at radius 2 is 0.972 bits per heavy atom. The third-order valence-electron chi connectivity index (χ3n) is 6.84. The summed E-state index contributed by atoms with van der Waals surface area (Å²) < 4.78 is 6.24. The van der Waals surface area contributed by atoms with Gasteiger partial charge in [0.2, 0.25) is 5.91 Å². The fourth-order valence-corrected chi connectivity index (χ4v) is 5.00. The molecule has 0 radical (unpaired) electrons. The fraction of sp³-hybridized carbons (Fsp3) is 0.219. The Hall–Kier alpha value is -3.73. The Morgan fingerprint density at radius 1 is 0.583 bits per heavy atom. The van der Waals surface area contributed by atoms with Crippen molar-refractivity contribution in [3.63, 3.8) is 0 Å². The average molecular weight is 477 g/mol. The predicted octanol–water partition coefficient (Wildman–Crippen LogP) is 5.73. The van der Waals surface area contributed by atoms with Crippen molar-refractivity contribution in [3.05, 3.63) is 144 Å². The molecule has 0 aromatic heterocycles. The first kappa shape index (κ1) is 24.0. The van der Waals surface area contributed by atoms with E-state index in [2.05, 4.69) is 65.6 Å². The molecule has 0 unspecified atom stereocenters. The molecule has 0 spiro atoms. The van der Waals surface area contributed by atoms with Gasteiger partial charge in [0, 0.05) is 26.2 Å². The van der Waals surface area contributed by atoms with Crippen LogP contribution in [0.4, 0.5) is 0 Å². The molecule has 0 saturated carbocycles. The van der Waals surface area contributed by atoms with Crippen molar-refractivity contribution in [2.75, 3.05) is 32.8 Å². The van der Waals surface area contributed by atoms with Crippen molar-refractivity contribution in [1.29, 1.82) is 0 Å². The van der Waals surface area contributed by atoms with E-state index in [1.165, 1.54) is 11.1 Å². The van der Waals surface area contributed by atoms with Gasteiger partial charge in [0.15, 0.2) is 0 Å². The molecule has 1 amide bonds. The van der Waals surface area contributed by atoms with Crippen LogP contribution in [0.2, 0.25) is 0 Å². The number of nitrogens with zero attached hydrogens (tertiary/aromatic N) is 2. The molecular formula is C32H32N2O2. The smallest absolute Gasteiger partial charge is 0.248 e. The molecule has 4 nitrogen and oxygen atoms in total. The second-order valence-electron chi connectivity index (χ2n) is 9.15. The highest BCUT2D eigenvalue weighted by atomic mass is 16.5. The molecule has 36 heavy (non-hydrogen) atoms. The second kappa shape index (κ2) is 11.8. The third kappa shape index (κ3) is 5.73. The Bertz CT molecular complexity index is 1130. The topological polar surface area (TPSA) is 32.8 Å². The van der Waals surface area contributed by atoms with Crippen LogP contribution in [0.15, 0.2) is 121 Å². The first-order valence-electron chi connectivity index (χ1n) is 12.6. The van der Waals surface area contributed by atoms with Gasteiger partial charge < -0.3 is 9.64 Å². The second-order valence-corrected chi connectivity index (χ2v) is 9.15. The maximum atomic E-state index is 13.2. The number of piperazine rings is 1. The zero-order valence-corrected chi connectivity index (χ0v) is 20.4. The molecule has 4 heteroatoms. The molecule has 1 saturated heterocycles. The van der Waals surface area contributed by atoms with Gasteiger partial charge in [0.25, 0.3) is 0 Å². The van der Waals surface area contributed by atoms with Crippen molar-refractivity contribution in [2.24, 2.45) is 0 Å². The summed E-state index contributed by atoms with van der Waals surface area (Å²) in [5.41, 5.74) is 4.66. The Morgan fingerprint density at radius 3 is 1.39 bits per heavy atom. The summed E-state index contributed by atoms with van der Waals surface area (Å²) in [4.78, 5) is 17.6. The number of ether oxygens (including phenoxy) is 1. The van der Waals surface area contributed by atoms with Gasteiger partial charge in [0.05, 0.1) is 6.04 Å². The molecule has 1 aliphatic heterocycles. The number of benzene rings is 4. The highest BCUT2D eigenvalue weighted by molar-refractivity contribution is 5.77. The SMILES string of the molecule is O=C(COC(c1ccccc1)c1ccccc1)N1CCN(C(c2ccccc2)c2ccccc2)CC1. The number of hydrogen-bond donors (Lipinski definition) is 0. The molecule has 0 N–H and O–H groups in total. The molecule has 0 aliphatic carbocycles. The lowest BCUT2D eigenvalue weighted by molar-refractivity contribution is -0.139. The molecular weight excluding hydrogens is 444 g/mol. The summed E-state index contributed by atoms with van der Waals surface area (Å²) >= 11 is 0. The number of hydrogen-bond acceptors (Lipinski definition) is 3. The summed E-state index contributed by atoms with van der Waals surface area (Å²) in [7, 11) is 0. The van der Waals surface area contributed by atoms with Crippen molar-refractivity contribution < 1.29 is 9.53 Å². The van der Waals surface area contributed by atoms with E-state index in [1.807, 2.05) is 65.6 Å². The van der Waals surface area contributed by atoms with Gasteiger partial charge in [0.1, 0.15) is 12.7 Å². The molecule has 5 rings (SSSR count). The molecule has 0 bridgehead atoms. The average Bonchev–Trinajstić information content (AvgIpc) is 2.96. The van der Waals surface area contributed by atoms with Gasteiger partial charge in [-0.1, -0.05) is 121 Å². The largest absolute Gasteiger partial charge is 0.359 e. The lowest BCUT2D eigenvalue weighted by Gasteiger charge is -2.40. The van der Waals surface area contributed by atoms with Crippen molar-refractivity contribution >= 4 is 5.91 Å². The number of carbonyl (C=O) groups excluding carboxylic acids is 1. The minimum absolute atomic E-state index is 0.0440. The lowest BCUT2D eigenvalue weighted by Crippen LogP contribution is -2.50. The van der Waals surface area contributed by atoms with Crippen molar-refractivity contribution in [2.45, 2.75) is 12.1 Å². The zero-order chi connectivity index (χ0) is 24.6. The minimum Gasteiger partial charge on any atom is -0.359 e. The van der Waals surface area contributed by atoms with Crippen LogP contribution in [-0.2, 0) is 9.53 Å². The van der Waals surface area contributed by atoms with E-state index < -0.39 is 0 Å². The van der Waals surface area contributed by atoms with Gasteiger partial charge in [-0.15, -0.1) is 0 Å². The first-order valence-corrected chi connectivity index (χ1v) is 12.6. The predicted molar refractivity (Wildman–Crippen MR) is 144 cm³/mol. The van der Waals surface area contributed by atoms with Crippen LogP contribution in [0.5, 0.6) is 0 Å². The van der Waals surface area contributed by atoms with Crippen LogP contribution < -0.4 is 0 Å². The number of amides is 1. The molecule has 1 aliphatic rings. The number of rotatable bonds is 8. The molecule has 1 fully saturated rings. The van der Waals surface area contributed by atoms with E-state index in [4.69, 9.17) is 4.74 Å². The standard InChI is InChI=1S/C32H32N2O2/c35-30(25-36-32(28-17-9-3-10-18-28)29-19-11-4-12-20-29)33-21-23-34(24-22-33)31(26-13-5-1-6-14-26)27-15-7-2-8-16-27/h1-20,31-32H,21-25H2. The molecule has 1 heterocycles. The van der Waals surface area contributed by atoms with Gasteiger partial charge in [-0.2, -0.15) is 0 Å². The van der Waals surface area contributed by atoms with E-state index >= 15 is 0 Å². The Kier molecular flexibility index (Phi) is 7.86. The normalized spacial score (nSPS) is 14.3. The monoisotopic (exact) mass is 476 g/mol. The summed E-state index contributed by atoms with van der Waals surface area (Å²) in [5, 5.41) is 0. The van der Waals surface area contributed by atoms with E-state index in [1.54, 1.807) is 0 Å². The van der Waals surface area contributed by atoms with Crippen molar-refractivity contribution in [3.8, 4) is 0 Å². The summed E-state index contributed by atoms with van der Waals surface area (Å²) in [6.07, 6.45) is -0.266. The van der Waals surface area contributed by atoms with Crippen LogP contribution in [0.25, 0.3) is 0 Å². The van der Waals surface area contributed by atoms with Gasteiger partial charge >= 0.3 is 0 Å². The van der Waals surface area contributed by atoms with E-state index in [9.17, 15) is 4.79 Å². The summed E-state index contributed by atoms with van der Waals surface area (Å²) in [6.45, 7) is 3.09. The van der Waals surface area contributed by atoms with Gasteiger partial charge in [-0.25, -0.2) is 0 Å². The highest BCUT2D eigenvalue weighted by Gasteiger charge is 2.28. The van der Waals surface area contributed by atoms with Gasteiger partial charge in [-0.3, -0.25) is 9.69 Å². The molecule has 0 atom stereocenters. The summed E-state index contributed by atoms with van der Waals surface area (Å²) in [6, 6.07) is 41.6. The maximum Gasteiger partial charge on any atom is 0.248 e. The lowest BCUT2D eigenvalue weighted by atomic mass is 9.96. The quantitative estimate of drug-likeness (QED) is 0.326. The van der Waals surface area contributed by atoms with E-state index in [0.29, 0.717) is 13.1 Å². The summed E-state index contributed by atoms with van der Waals surface area (Å²) in [5.74, 6) is 0.0440. The molecule has 4 aromatic rings. The highest BCUT2D eigenvalue weighted by Crippen LogP contribution is 2.30. The van der Waals surface area contributed by atoms with Crippen LogP contribution in [-0.4, -0.2) is 48.5 Å². The van der Waals surface area contributed by atoms with Crippen LogP contribution in [0, 0.1) is 0 Å². The zero-order valence-electron chi connectivity index (χ0n) is 20.4. The van der Waals surface area contributed by atoms with E-state index in [-0.39, 0.29) is 24.7 Å². The van der Waals surface area contributed by atoms with Crippen molar-refractivity contribution in [1.82, 2.24) is 9.80 Å². The van der Waals surface area contributed by atoms with Crippen LogP contribution in [0.3, 0.4) is 0 Å². The minimum atomic E-state index is -0.266. The number of carbonyl (C=O) groups is 1. The van der Waals surface area contributed by atoms with Crippen LogP contribution >= 0.6 is 0 Å². The first-order chi connectivity index (χ1) is 17.8. The van der Waals surface area contributed by atoms with Gasteiger partial charge in [-0.05, 0) is 22.3 Å². The Balaban J connectivity index is 1.24. The molecule has 4 aromatic carbocycles. The van der Waals surface area contributed by atoms with E-state index in [0.717, 1.165) is 24.2 Å².